The molecule has 4 heteroatoms. The van der Waals surface area contributed by atoms with Gasteiger partial charge in [0.25, 0.3) is 0 Å². The molecule has 0 radical (unpaired) electrons. The molecule has 0 aliphatic rings. The lowest BCUT2D eigenvalue weighted by Gasteiger charge is -2.12. The van der Waals surface area contributed by atoms with Crippen molar-refractivity contribution in [1.29, 1.82) is 0 Å². The Morgan fingerprint density at radius 2 is 2.20 bits per heavy atom. The minimum absolute atomic E-state index is 0.00282. The molecule has 0 heterocycles. The van der Waals surface area contributed by atoms with Crippen molar-refractivity contribution in [3.8, 4) is 5.75 Å². The first-order valence-electron chi connectivity index (χ1n) is 4.98. The molecule has 0 aliphatic heterocycles. The summed E-state index contributed by atoms with van der Waals surface area (Å²) in [4.78, 5) is 0. The van der Waals surface area contributed by atoms with Crippen LogP contribution in [0.4, 0.5) is 0 Å². The van der Waals surface area contributed by atoms with Crippen LogP contribution in [0.25, 0.3) is 0 Å². The highest BCUT2D eigenvalue weighted by atomic mass is 35.5. The number of halogens is 1. The van der Waals surface area contributed by atoms with E-state index in [9.17, 15) is 0 Å². The van der Waals surface area contributed by atoms with Crippen LogP contribution in [-0.2, 0) is 0 Å². The van der Waals surface area contributed by atoms with Gasteiger partial charge in [-0.1, -0.05) is 17.7 Å². The third-order valence-corrected chi connectivity index (χ3v) is 2.62. The van der Waals surface area contributed by atoms with Crippen LogP contribution in [0.1, 0.15) is 24.4 Å². The van der Waals surface area contributed by atoms with Crippen molar-refractivity contribution in [2.24, 2.45) is 11.5 Å². The van der Waals surface area contributed by atoms with E-state index in [4.69, 9.17) is 27.8 Å². The topological polar surface area (TPSA) is 61.3 Å². The van der Waals surface area contributed by atoms with Crippen LogP contribution >= 0.6 is 11.6 Å². The van der Waals surface area contributed by atoms with E-state index in [1.54, 1.807) is 7.11 Å². The van der Waals surface area contributed by atoms with E-state index in [0.717, 1.165) is 18.4 Å². The molecule has 4 N–H and O–H groups in total. The van der Waals surface area contributed by atoms with Gasteiger partial charge in [0.2, 0.25) is 0 Å². The molecule has 0 spiro atoms. The number of methoxy groups -OCH3 is 1. The first-order chi connectivity index (χ1) is 7.19. The maximum absolute atomic E-state index is 6.00. The van der Waals surface area contributed by atoms with Crippen LogP contribution in [0.2, 0.25) is 5.02 Å². The molecule has 1 aromatic carbocycles. The minimum atomic E-state index is -0.00282. The van der Waals surface area contributed by atoms with Crippen molar-refractivity contribution < 1.29 is 4.74 Å². The van der Waals surface area contributed by atoms with Gasteiger partial charge >= 0.3 is 0 Å². The van der Waals surface area contributed by atoms with Gasteiger partial charge < -0.3 is 16.2 Å². The molecule has 1 rings (SSSR count). The quantitative estimate of drug-likeness (QED) is 0.811. The second kappa shape index (κ2) is 5.95. The van der Waals surface area contributed by atoms with Crippen molar-refractivity contribution in [3.05, 3.63) is 28.8 Å². The van der Waals surface area contributed by atoms with Crippen LogP contribution in [-0.4, -0.2) is 13.7 Å². The average Bonchev–Trinajstić information content (AvgIpc) is 2.25. The summed E-state index contributed by atoms with van der Waals surface area (Å²) >= 11 is 6.00. The number of rotatable bonds is 5. The number of nitrogens with two attached hydrogens (primary N) is 2. The maximum atomic E-state index is 6.00. The molecule has 3 nitrogen and oxygen atoms in total. The predicted octanol–water partition coefficient (Wildman–Crippen LogP) is 2.09. The van der Waals surface area contributed by atoms with Gasteiger partial charge in [-0.15, -0.1) is 0 Å². The minimum Gasteiger partial charge on any atom is -0.495 e. The molecule has 0 aromatic heterocycles. The molecule has 0 saturated carbocycles. The standard InChI is InChI=1S/C11H17ClN2O/c1-15-11-5-4-8(7-9(11)12)10(14)3-2-6-13/h4-5,7,10H,2-3,6,13-14H2,1H3. The second-order valence-corrected chi connectivity index (χ2v) is 3.84. The Bertz CT molecular complexity index is 317. The van der Waals surface area contributed by atoms with E-state index in [2.05, 4.69) is 0 Å². The van der Waals surface area contributed by atoms with Gasteiger partial charge in [-0.2, -0.15) is 0 Å². The van der Waals surface area contributed by atoms with Gasteiger partial charge in [0.05, 0.1) is 12.1 Å². The second-order valence-electron chi connectivity index (χ2n) is 3.43. The van der Waals surface area contributed by atoms with Crippen LogP contribution in [0, 0.1) is 0 Å². The lowest BCUT2D eigenvalue weighted by molar-refractivity contribution is 0.414. The molecule has 1 unspecified atom stereocenters. The Kier molecular flexibility index (Phi) is 4.88. The summed E-state index contributed by atoms with van der Waals surface area (Å²) in [5.74, 6) is 0.673. The fourth-order valence-corrected chi connectivity index (χ4v) is 1.68. The van der Waals surface area contributed by atoms with Crippen molar-refractivity contribution in [3.63, 3.8) is 0 Å². The summed E-state index contributed by atoms with van der Waals surface area (Å²) in [5.41, 5.74) is 12.4. The smallest absolute Gasteiger partial charge is 0.137 e. The Labute approximate surface area is 95.4 Å². The van der Waals surface area contributed by atoms with Crippen LogP contribution < -0.4 is 16.2 Å². The monoisotopic (exact) mass is 228 g/mol. The Hall–Kier alpha value is -0.770. The number of hydrogen-bond donors (Lipinski definition) is 2. The summed E-state index contributed by atoms with van der Waals surface area (Å²) < 4.78 is 5.07. The zero-order valence-corrected chi connectivity index (χ0v) is 9.63. The summed E-state index contributed by atoms with van der Waals surface area (Å²) in [6.45, 7) is 0.664. The maximum Gasteiger partial charge on any atom is 0.137 e. The predicted molar refractivity (Wildman–Crippen MR) is 63.2 cm³/mol. The Balaban J connectivity index is 2.73. The van der Waals surface area contributed by atoms with Crippen molar-refractivity contribution in [2.45, 2.75) is 18.9 Å². The number of benzene rings is 1. The summed E-state index contributed by atoms with van der Waals surface area (Å²) in [6, 6.07) is 5.62. The van der Waals surface area contributed by atoms with E-state index >= 15 is 0 Å². The van der Waals surface area contributed by atoms with Gasteiger partial charge in [-0.3, -0.25) is 0 Å². The van der Waals surface area contributed by atoms with Gasteiger partial charge in [-0.05, 0) is 37.1 Å². The van der Waals surface area contributed by atoms with Crippen molar-refractivity contribution in [1.82, 2.24) is 0 Å². The van der Waals surface area contributed by atoms with Crippen LogP contribution in [0.3, 0.4) is 0 Å². The molecule has 0 saturated heterocycles. The third-order valence-electron chi connectivity index (χ3n) is 2.32. The SMILES string of the molecule is COc1ccc(C(N)CCCN)cc1Cl. The summed E-state index contributed by atoms with van der Waals surface area (Å²) in [5, 5.41) is 0.596. The first kappa shape index (κ1) is 12.3. The fraction of sp³-hybridized carbons (Fsp3) is 0.455. The molecule has 84 valence electrons. The Morgan fingerprint density at radius 3 is 2.73 bits per heavy atom. The van der Waals surface area contributed by atoms with Gasteiger partial charge in [-0.25, -0.2) is 0 Å². The summed E-state index contributed by atoms with van der Waals surface area (Å²) in [6.07, 6.45) is 1.80. The molecular formula is C11H17ClN2O. The molecule has 0 fully saturated rings. The molecule has 1 aromatic rings. The zero-order valence-electron chi connectivity index (χ0n) is 8.87. The zero-order chi connectivity index (χ0) is 11.3. The van der Waals surface area contributed by atoms with Crippen molar-refractivity contribution >= 4 is 11.6 Å². The van der Waals surface area contributed by atoms with E-state index in [0.29, 0.717) is 17.3 Å². The third kappa shape index (κ3) is 3.38. The average molecular weight is 229 g/mol. The fourth-order valence-electron chi connectivity index (χ4n) is 1.42. The lowest BCUT2D eigenvalue weighted by Crippen LogP contribution is -2.12. The largest absolute Gasteiger partial charge is 0.495 e. The Morgan fingerprint density at radius 1 is 1.47 bits per heavy atom. The first-order valence-corrected chi connectivity index (χ1v) is 5.36. The molecule has 0 amide bonds. The van der Waals surface area contributed by atoms with Gasteiger partial charge in [0.15, 0.2) is 0 Å². The van der Waals surface area contributed by atoms with Crippen LogP contribution in [0.5, 0.6) is 5.75 Å². The molecule has 15 heavy (non-hydrogen) atoms. The summed E-state index contributed by atoms with van der Waals surface area (Å²) in [7, 11) is 1.59. The molecule has 0 bridgehead atoms. The van der Waals surface area contributed by atoms with Gasteiger partial charge in [0.1, 0.15) is 5.75 Å². The molecular weight excluding hydrogens is 212 g/mol. The van der Waals surface area contributed by atoms with Gasteiger partial charge in [0, 0.05) is 6.04 Å². The lowest BCUT2D eigenvalue weighted by atomic mass is 10.0. The highest BCUT2D eigenvalue weighted by Crippen LogP contribution is 2.28. The number of ether oxygens (including phenoxy) is 1. The van der Waals surface area contributed by atoms with Crippen molar-refractivity contribution in [2.75, 3.05) is 13.7 Å². The molecule has 1 atom stereocenters. The highest BCUT2D eigenvalue weighted by molar-refractivity contribution is 6.32. The molecule has 0 aliphatic carbocycles. The number of hydrogen-bond acceptors (Lipinski definition) is 3. The van der Waals surface area contributed by atoms with E-state index < -0.39 is 0 Å². The van der Waals surface area contributed by atoms with E-state index in [1.165, 1.54) is 0 Å². The van der Waals surface area contributed by atoms with E-state index in [1.807, 2.05) is 18.2 Å². The highest BCUT2D eigenvalue weighted by Gasteiger charge is 2.08. The normalized spacial score (nSPS) is 12.5. The van der Waals surface area contributed by atoms with Crippen LogP contribution in [0.15, 0.2) is 18.2 Å². The van der Waals surface area contributed by atoms with E-state index in [-0.39, 0.29) is 6.04 Å².